The zero-order valence-corrected chi connectivity index (χ0v) is 13.7. The van der Waals surface area contributed by atoms with E-state index in [-0.39, 0.29) is 5.82 Å². The first-order chi connectivity index (χ1) is 12.3. The zero-order valence-electron chi connectivity index (χ0n) is 13.7. The highest BCUT2D eigenvalue weighted by atomic mass is 16.5. The molecule has 0 unspecified atom stereocenters. The first kappa shape index (κ1) is 15.7. The molecule has 0 fully saturated rings. The molecule has 0 aliphatic carbocycles. The predicted molar refractivity (Wildman–Crippen MR) is 94.7 cm³/mol. The molecule has 0 saturated carbocycles. The van der Waals surface area contributed by atoms with Gasteiger partial charge in [0, 0.05) is 12.1 Å². The molecule has 0 spiro atoms. The van der Waals surface area contributed by atoms with Crippen molar-refractivity contribution in [2.24, 2.45) is 0 Å². The van der Waals surface area contributed by atoms with Gasteiger partial charge in [-0.3, -0.25) is 0 Å². The van der Waals surface area contributed by atoms with E-state index in [1.807, 2.05) is 60.7 Å². The molecule has 2 heterocycles. The van der Waals surface area contributed by atoms with E-state index in [4.69, 9.17) is 4.52 Å². The maximum atomic E-state index is 11.6. The van der Waals surface area contributed by atoms with E-state index < -0.39 is 5.60 Å². The summed E-state index contributed by atoms with van der Waals surface area (Å²) in [6.45, 7) is 1.64. The third-order valence-electron chi connectivity index (χ3n) is 4.43. The van der Waals surface area contributed by atoms with Crippen molar-refractivity contribution >= 4 is 5.57 Å². The van der Waals surface area contributed by atoms with Crippen molar-refractivity contribution in [3.8, 4) is 0 Å². The number of rotatable bonds is 4. The number of hydrogen-bond donors (Lipinski definition) is 2. The van der Waals surface area contributed by atoms with Crippen LogP contribution in [-0.2, 0) is 5.60 Å². The van der Waals surface area contributed by atoms with Crippen LogP contribution in [0.1, 0.15) is 29.3 Å². The van der Waals surface area contributed by atoms with Gasteiger partial charge < -0.3 is 14.9 Å². The van der Waals surface area contributed by atoms with Gasteiger partial charge >= 0.3 is 0 Å². The maximum absolute atomic E-state index is 11.6. The van der Waals surface area contributed by atoms with E-state index in [9.17, 15) is 5.11 Å². The molecule has 4 rings (SSSR count). The predicted octanol–water partition coefficient (Wildman–Crippen LogP) is 2.73. The lowest BCUT2D eigenvalue weighted by Crippen LogP contribution is -2.30. The lowest BCUT2D eigenvalue weighted by Gasteiger charge is -2.25. The Kier molecular flexibility index (Phi) is 4.17. The smallest absolute Gasteiger partial charge is 0.254 e. The van der Waals surface area contributed by atoms with Crippen LogP contribution in [0.2, 0.25) is 0 Å². The lowest BCUT2D eigenvalue weighted by molar-refractivity contribution is 0.112. The van der Waals surface area contributed by atoms with Crippen LogP contribution < -0.4 is 5.32 Å². The van der Waals surface area contributed by atoms with Crippen LogP contribution in [0, 0.1) is 0 Å². The second-order valence-corrected chi connectivity index (χ2v) is 6.06. The fraction of sp³-hybridized carbons (Fsp3) is 0.200. The molecule has 0 amide bonds. The van der Waals surface area contributed by atoms with Gasteiger partial charge in [-0.05, 0) is 24.1 Å². The largest absolute Gasteiger partial charge is 0.373 e. The van der Waals surface area contributed by atoms with Crippen molar-refractivity contribution in [3.05, 3.63) is 89.6 Å². The highest BCUT2D eigenvalue weighted by Gasteiger charge is 2.39. The standard InChI is InChI=1S/C20H19N3O2/c24-20(16-9-3-1-4-10-16,17-11-5-2-6-12-17)19-22-18(25-23-19)15-8-7-13-21-14-15/h1-6,8-12,21,24H,7,13-14H2. The van der Waals surface area contributed by atoms with Gasteiger partial charge in [0.25, 0.3) is 5.89 Å². The minimum absolute atomic E-state index is 0.242. The van der Waals surface area contributed by atoms with E-state index in [0.29, 0.717) is 23.6 Å². The first-order valence-corrected chi connectivity index (χ1v) is 8.36. The molecule has 126 valence electrons. The molecule has 1 aliphatic rings. The number of hydrogen-bond acceptors (Lipinski definition) is 5. The van der Waals surface area contributed by atoms with Crippen molar-refractivity contribution in [3.63, 3.8) is 0 Å². The Hall–Kier alpha value is -2.76. The number of aliphatic hydroxyl groups is 1. The monoisotopic (exact) mass is 333 g/mol. The molecule has 1 aromatic heterocycles. The molecule has 0 bridgehead atoms. The summed E-state index contributed by atoms with van der Waals surface area (Å²) >= 11 is 0. The van der Waals surface area contributed by atoms with Crippen LogP contribution in [0.3, 0.4) is 0 Å². The average molecular weight is 333 g/mol. The third-order valence-corrected chi connectivity index (χ3v) is 4.43. The SMILES string of the molecule is OC(c1ccccc1)(c1ccccc1)c1noc(C2=CCCNC2)n1. The third kappa shape index (κ3) is 2.88. The number of nitrogens with zero attached hydrogens (tertiary/aromatic N) is 2. The van der Waals surface area contributed by atoms with Gasteiger partial charge in [0.2, 0.25) is 5.82 Å². The van der Waals surface area contributed by atoms with Crippen molar-refractivity contribution < 1.29 is 9.63 Å². The van der Waals surface area contributed by atoms with Crippen molar-refractivity contribution in [1.29, 1.82) is 0 Å². The topological polar surface area (TPSA) is 71.2 Å². The summed E-state index contributed by atoms with van der Waals surface area (Å²) in [6.07, 6.45) is 3.02. The molecular weight excluding hydrogens is 314 g/mol. The fourth-order valence-electron chi connectivity index (χ4n) is 3.09. The summed E-state index contributed by atoms with van der Waals surface area (Å²) in [6, 6.07) is 18.8. The Morgan fingerprint density at radius 3 is 2.16 bits per heavy atom. The average Bonchev–Trinajstić information content (AvgIpc) is 3.20. The lowest BCUT2D eigenvalue weighted by atomic mass is 9.85. The van der Waals surface area contributed by atoms with Gasteiger partial charge in [-0.2, -0.15) is 4.98 Å². The molecule has 0 radical (unpaired) electrons. The molecule has 5 heteroatoms. The van der Waals surface area contributed by atoms with Gasteiger partial charge in [-0.1, -0.05) is 71.9 Å². The van der Waals surface area contributed by atoms with Crippen molar-refractivity contribution in [2.45, 2.75) is 12.0 Å². The van der Waals surface area contributed by atoms with Crippen LogP contribution >= 0.6 is 0 Å². The van der Waals surface area contributed by atoms with Gasteiger partial charge in [0.1, 0.15) is 0 Å². The summed E-state index contributed by atoms with van der Waals surface area (Å²) in [4.78, 5) is 4.52. The normalized spacial score (nSPS) is 15.0. The second kappa shape index (κ2) is 6.63. The molecule has 0 atom stereocenters. The molecule has 3 aromatic rings. The zero-order chi connectivity index (χ0) is 17.1. The Bertz CT molecular complexity index is 833. The molecule has 5 nitrogen and oxygen atoms in total. The first-order valence-electron chi connectivity index (χ1n) is 8.36. The summed E-state index contributed by atoms with van der Waals surface area (Å²) in [5.74, 6) is 0.693. The summed E-state index contributed by atoms with van der Waals surface area (Å²) in [5.41, 5.74) is 0.898. The molecule has 1 aliphatic heterocycles. The van der Waals surface area contributed by atoms with Crippen LogP contribution in [0.25, 0.3) is 5.57 Å². The number of nitrogens with one attached hydrogen (secondary N) is 1. The molecule has 0 saturated heterocycles. The molecular formula is C20H19N3O2. The summed E-state index contributed by atoms with van der Waals surface area (Å²) in [7, 11) is 0. The van der Waals surface area contributed by atoms with Gasteiger partial charge in [-0.25, -0.2) is 0 Å². The Morgan fingerprint density at radius 1 is 0.960 bits per heavy atom. The summed E-state index contributed by atoms with van der Waals surface area (Å²) < 4.78 is 5.46. The quantitative estimate of drug-likeness (QED) is 0.768. The number of aromatic nitrogens is 2. The minimum Gasteiger partial charge on any atom is -0.373 e. The van der Waals surface area contributed by atoms with E-state index in [1.165, 1.54) is 0 Å². The van der Waals surface area contributed by atoms with E-state index in [1.54, 1.807) is 0 Å². The Balaban J connectivity index is 1.82. The molecule has 25 heavy (non-hydrogen) atoms. The molecule has 2 aromatic carbocycles. The minimum atomic E-state index is -1.47. The Labute approximate surface area is 146 Å². The maximum Gasteiger partial charge on any atom is 0.254 e. The van der Waals surface area contributed by atoms with Gasteiger partial charge in [0.15, 0.2) is 5.60 Å². The van der Waals surface area contributed by atoms with Crippen molar-refractivity contribution in [2.75, 3.05) is 13.1 Å². The van der Waals surface area contributed by atoms with E-state index in [0.717, 1.165) is 18.5 Å². The molecule has 2 N–H and O–H groups in total. The Morgan fingerprint density at radius 2 is 1.60 bits per heavy atom. The van der Waals surface area contributed by atoms with Crippen LogP contribution in [0.4, 0.5) is 0 Å². The van der Waals surface area contributed by atoms with E-state index >= 15 is 0 Å². The highest BCUT2D eigenvalue weighted by Crippen LogP contribution is 2.35. The van der Waals surface area contributed by atoms with Crippen LogP contribution in [-0.4, -0.2) is 28.3 Å². The fourth-order valence-corrected chi connectivity index (χ4v) is 3.09. The highest BCUT2D eigenvalue weighted by molar-refractivity contribution is 5.61. The number of benzene rings is 2. The van der Waals surface area contributed by atoms with Crippen molar-refractivity contribution in [1.82, 2.24) is 15.5 Å². The van der Waals surface area contributed by atoms with Crippen LogP contribution in [0.15, 0.2) is 71.3 Å². The second-order valence-electron chi connectivity index (χ2n) is 6.06. The van der Waals surface area contributed by atoms with Crippen LogP contribution in [0.5, 0.6) is 0 Å². The van der Waals surface area contributed by atoms with Gasteiger partial charge in [-0.15, -0.1) is 0 Å². The van der Waals surface area contributed by atoms with E-state index in [2.05, 4.69) is 21.5 Å². The van der Waals surface area contributed by atoms with Gasteiger partial charge in [0.05, 0.1) is 0 Å². The summed E-state index contributed by atoms with van der Waals surface area (Å²) in [5, 5.41) is 19.0.